The lowest BCUT2D eigenvalue weighted by Gasteiger charge is -2.12. The van der Waals surface area contributed by atoms with Crippen LogP contribution in [0.1, 0.15) is 25.1 Å². The number of aromatic nitrogens is 3. The fraction of sp³-hybridized carbons (Fsp3) is 0.231. The van der Waals surface area contributed by atoms with E-state index in [0.29, 0.717) is 22.8 Å². The third-order valence-electron chi connectivity index (χ3n) is 2.43. The van der Waals surface area contributed by atoms with Crippen LogP contribution in [0.2, 0.25) is 5.15 Å². The molecule has 7 heteroatoms. The monoisotopic (exact) mass is 291 g/mol. The maximum atomic E-state index is 8.18. The summed E-state index contributed by atoms with van der Waals surface area (Å²) < 4.78 is 5.50. The van der Waals surface area contributed by atoms with Crippen molar-refractivity contribution in [2.75, 3.05) is 5.73 Å². The highest BCUT2D eigenvalue weighted by molar-refractivity contribution is 6.30. The highest BCUT2D eigenvalue weighted by atomic mass is 35.5. The van der Waals surface area contributed by atoms with Crippen LogP contribution in [0.3, 0.4) is 0 Å². The lowest BCUT2D eigenvalue weighted by molar-refractivity contribution is 0.232. The molecule has 0 radical (unpaired) electrons. The summed E-state index contributed by atoms with van der Waals surface area (Å²) in [6.07, 6.45) is 2.75. The number of pyridine rings is 1. The van der Waals surface area contributed by atoms with E-state index in [0.717, 1.165) is 0 Å². The third kappa shape index (κ3) is 3.21. The zero-order valence-electron chi connectivity index (χ0n) is 11.1. The molecule has 0 saturated carbocycles. The molecule has 0 amide bonds. The number of nitrogens with two attached hydrogens (primary N) is 1. The second-order valence-corrected chi connectivity index (χ2v) is 4.76. The molecule has 0 spiro atoms. The number of ether oxygens (including phenoxy) is 1. The average Bonchev–Trinajstić information content (AvgIpc) is 2.39. The quantitative estimate of drug-likeness (QED) is 0.665. The third-order valence-corrected chi connectivity index (χ3v) is 2.63. The van der Waals surface area contributed by atoms with Gasteiger partial charge in [-0.25, -0.2) is 15.0 Å². The highest BCUT2D eigenvalue weighted by Crippen LogP contribution is 2.20. The number of halogens is 1. The van der Waals surface area contributed by atoms with Crippen LogP contribution in [0, 0.1) is 5.41 Å². The van der Waals surface area contributed by atoms with Crippen molar-refractivity contribution in [2.24, 2.45) is 0 Å². The van der Waals surface area contributed by atoms with Crippen LogP contribution in [0.25, 0.3) is 0 Å². The second kappa shape index (κ2) is 5.83. The van der Waals surface area contributed by atoms with E-state index in [2.05, 4.69) is 15.0 Å². The Labute approximate surface area is 121 Å². The zero-order valence-corrected chi connectivity index (χ0v) is 11.8. The van der Waals surface area contributed by atoms with Crippen molar-refractivity contribution in [3.8, 4) is 5.88 Å². The summed E-state index contributed by atoms with van der Waals surface area (Å²) in [5.74, 6) is 0.411. The Morgan fingerprint density at radius 2 is 2.05 bits per heavy atom. The second-order valence-electron chi connectivity index (χ2n) is 4.38. The summed E-state index contributed by atoms with van der Waals surface area (Å²) in [6.45, 7) is 3.79. The Bertz CT molecular complexity index is 644. The van der Waals surface area contributed by atoms with Crippen LogP contribution >= 0.6 is 11.6 Å². The van der Waals surface area contributed by atoms with Crippen LogP contribution in [-0.2, 0) is 0 Å². The predicted molar refractivity (Wildman–Crippen MR) is 77.4 cm³/mol. The van der Waals surface area contributed by atoms with E-state index >= 15 is 0 Å². The Balaban J connectivity index is 2.38. The molecule has 0 atom stereocenters. The number of nitrogens with one attached hydrogen (secondary N) is 1. The van der Waals surface area contributed by atoms with Gasteiger partial charge in [-0.2, -0.15) is 0 Å². The van der Waals surface area contributed by atoms with Gasteiger partial charge in [0, 0.05) is 17.7 Å². The highest BCUT2D eigenvalue weighted by Gasteiger charge is 2.13. The summed E-state index contributed by atoms with van der Waals surface area (Å²) >= 11 is 5.80. The van der Waals surface area contributed by atoms with E-state index in [1.54, 1.807) is 6.07 Å². The van der Waals surface area contributed by atoms with Gasteiger partial charge in [0.05, 0.1) is 29.4 Å². The summed E-state index contributed by atoms with van der Waals surface area (Å²) in [6, 6.07) is 3.13. The molecule has 2 rings (SSSR count). The Hall–Kier alpha value is -2.21. The van der Waals surface area contributed by atoms with E-state index in [-0.39, 0.29) is 17.0 Å². The first kappa shape index (κ1) is 14.2. The zero-order chi connectivity index (χ0) is 14.7. The minimum absolute atomic E-state index is 0.0124. The molecule has 0 aliphatic heterocycles. The maximum absolute atomic E-state index is 8.18. The van der Waals surface area contributed by atoms with Gasteiger partial charge in [-0.3, -0.25) is 5.41 Å². The molecule has 0 fully saturated rings. The van der Waals surface area contributed by atoms with Gasteiger partial charge in [0.2, 0.25) is 5.88 Å². The van der Waals surface area contributed by atoms with Crippen molar-refractivity contribution in [1.29, 1.82) is 5.41 Å². The van der Waals surface area contributed by atoms with Crippen molar-refractivity contribution in [2.45, 2.75) is 20.0 Å². The van der Waals surface area contributed by atoms with Crippen molar-refractivity contribution in [1.82, 2.24) is 15.0 Å². The van der Waals surface area contributed by atoms with Gasteiger partial charge in [-0.15, -0.1) is 0 Å². The molecule has 0 aliphatic carbocycles. The fourth-order valence-corrected chi connectivity index (χ4v) is 1.72. The molecule has 0 aliphatic rings. The van der Waals surface area contributed by atoms with Crippen LogP contribution in [0.5, 0.6) is 5.88 Å². The summed E-state index contributed by atoms with van der Waals surface area (Å²) in [5.41, 5.74) is 7.26. The average molecular weight is 292 g/mol. The molecule has 0 bridgehead atoms. The lowest BCUT2D eigenvalue weighted by Crippen LogP contribution is -2.11. The van der Waals surface area contributed by atoms with Crippen LogP contribution in [-0.4, -0.2) is 26.8 Å². The van der Waals surface area contributed by atoms with Crippen molar-refractivity contribution >= 4 is 23.0 Å². The largest absolute Gasteiger partial charge is 0.475 e. The van der Waals surface area contributed by atoms with E-state index in [4.69, 9.17) is 27.5 Å². The number of rotatable bonds is 4. The Morgan fingerprint density at radius 3 is 2.70 bits per heavy atom. The normalized spacial score (nSPS) is 10.6. The maximum Gasteiger partial charge on any atom is 0.214 e. The van der Waals surface area contributed by atoms with Gasteiger partial charge in [0.15, 0.2) is 0 Å². The number of hydrogen-bond donors (Lipinski definition) is 2. The van der Waals surface area contributed by atoms with Crippen molar-refractivity contribution in [3.63, 3.8) is 0 Å². The van der Waals surface area contributed by atoms with Crippen LogP contribution in [0.15, 0.2) is 24.7 Å². The SMILES string of the molecule is CC(C)Oc1cc(C(=N)c2cc(Cl)ncn2)c(N)cn1. The molecule has 2 aromatic rings. The molecule has 6 nitrogen and oxygen atoms in total. The molecule has 0 unspecified atom stereocenters. The minimum Gasteiger partial charge on any atom is -0.475 e. The fourth-order valence-electron chi connectivity index (χ4n) is 1.58. The van der Waals surface area contributed by atoms with Gasteiger partial charge in [0.1, 0.15) is 11.5 Å². The topological polar surface area (TPSA) is 97.8 Å². The first-order valence-corrected chi connectivity index (χ1v) is 6.34. The lowest BCUT2D eigenvalue weighted by atomic mass is 10.1. The molecule has 3 N–H and O–H groups in total. The molecular weight excluding hydrogens is 278 g/mol. The summed E-state index contributed by atoms with van der Waals surface area (Å²) in [7, 11) is 0. The molecule has 0 aromatic carbocycles. The van der Waals surface area contributed by atoms with E-state index in [9.17, 15) is 0 Å². The number of nitrogen functional groups attached to an aromatic ring is 1. The van der Waals surface area contributed by atoms with Crippen LogP contribution in [0.4, 0.5) is 5.69 Å². The van der Waals surface area contributed by atoms with E-state index in [1.807, 2.05) is 13.8 Å². The Morgan fingerprint density at radius 1 is 1.30 bits per heavy atom. The molecule has 104 valence electrons. The molecule has 2 aromatic heterocycles. The van der Waals surface area contributed by atoms with Crippen molar-refractivity contribution < 1.29 is 4.74 Å². The molecule has 0 saturated heterocycles. The van der Waals surface area contributed by atoms with Gasteiger partial charge in [-0.1, -0.05) is 11.6 Å². The van der Waals surface area contributed by atoms with Crippen molar-refractivity contribution in [3.05, 3.63) is 41.1 Å². The molecule has 20 heavy (non-hydrogen) atoms. The van der Waals surface area contributed by atoms with Crippen LogP contribution < -0.4 is 10.5 Å². The first-order chi connectivity index (χ1) is 9.47. The van der Waals surface area contributed by atoms with Gasteiger partial charge in [0.25, 0.3) is 0 Å². The number of nitrogens with zero attached hydrogens (tertiary/aromatic N) is 3. The minimum atomic E-state index is -0.0124. The molecule has 2 heterocycles. The standard InChI is InChI=1S/C13H14ClN5O/c1-7(2)20-12-3-8(9(15)5-17-12)13(16)10-4-11(14)19-6-18-10/h3-7,16H,15H2,1-2H3. The number of hydrogen-bond acceptors (Lipinski definition) is 6. The summed E-state index contributed by atoms with van der Waals surface area (Å²) in [4.78, 5) is 11.9. The first-order valence-electron chi connectivity index (χ1n) is 5.96. The predicted octanol–water partition coefficient (Wildman–Crippen LogP) is 2.31. The smallest absolute Gasteiger partial charge is 0.214 e. The van der Waals surface area contributed by atoms with E-state index < -0.39 is 0 Å². The molecular formula is C13H14ClN5O. The van der Waals surface area contributed by atoms with Gasteiger partial charge >= 0.3 is 0 Å². The Kier molecular flexibility index (Phi) is 4.14. The van der Waals surface area contributed by atoms with E-state index in [1.165, 1.54) is 18.6 Å². The van der Waals surface area contributed by atoms with Gasteiger partial charge < -0.3 is 10.5 Å². The van der Waals surface area contributed by atoms with Gasteiger partial charge in [-0.05, 0) is 13.8 Å². The number of anilines is 1. The summed E-state index contributed by atoms with van der Waals surface area (Å²) in [5, 5.41) is 8.44.